The number of aliphatic carboxylic acids is 1. The van der Waals surface area contributed by atoms with Gasteiger partial charge >= 0.3 is 5.97 Å². The number of carboxylic acid groups (broad SMARTS) is 1. The van der Waals surface area contributed by atoms with Crippen LogP contribution in [0.25, 0.3) is 0 Å². The molecule has 0 aromatic carbocycles. The normalized spacial score (nSPS) is 17.5. The minimum Gasteiger partial charge on any atom is -0.480 e. The third-order valence-electron chi connectivity index (χ3n) is 4.31. The minimum absolute atomic E-state index is 0.0656. The van der Waals surface area contributed by atoms with Crippen LogP contribution < -0.4 is 5.56 Å². The Bertz CT molecular complexity index is 854. The highest BCUT2D eigenvalue weighted by Gasteiger charge is 2.27. The number of carboxylic acids is 1. The third kappa shape index (κ3) is 3.96. The average molecular weight is 344 g/mol. The summed E-state index contributed by atoms with van der Waals surface area (Å²) in [5, 5.41) is 13.1. The second kappa shape index (κ2) is 6.92. The highest BCUT2D eigenvalue weighted by molar-refractivity contribution is 5.94. The Labute approximate surface area is 144 Å². The van der Waals surface area contributed by atoms with Crippen LogP contribution in [0.3, 0.4) is 0 Å². The van der Waals surface area contributed by atoms with E-state index in [4.69, 9.17) is 5.11 Å². The summed E-state index contributed by atoms with van der Waals surface area (Å²) in [5.41, 5.74) is 1.54. The van der Waals surface area contributed by atoms with Crippen LogP contribution in [-0.4, -0.2) is 49.7 Å². The molecule has 2 aromatic rings. The standard InChI is InChI=1S/C17H20N4O4/c1-11-7-13(8-15(22)18-11)17(25)20-5-2-3-12(9-20)14-4-6-21(19-14)10-16(23)24/h4,6-8,12H,2-3,5,9-10H2,1H3,(H,18,22)(H,23,24)/t12-/m0/s1. The van der Waals surface area contributed by atoms with Crippen molar-refractivity contribution in [2.75, 3.05) is 13.1 Å². The summed E-state index contributed by atoms with van der Waals surface area (Å²) in [4.78, 5) is 39.4. The van der Waals surface area contributed by atoms with E-state index >= 15 is 0 Å². The fraction of sp³-hybridized carbons (Fsp3) is 0.412. The van der Waals surface area contributed by atoms with Gasteiger partial charge in [-0.3, -0.25) is 19.1 Å². The Morgan fingerprint density at radius 1 is 1.40 bits per heavy atom. The molecule has 0 radical (unpaired) electrons. The van der Waals surface area contributed by atoms with Crippen LogP contribution in [0.15, 0.2) is 29.2 Å². The summed E-state index contributed by atoms with van der Waals surface area (Å²) in [5.74, 6) is -1.04. The van der Waals surface area contributed by atoms with Crippen molar-refractivity contribution in [3.05, 3.63) is 51.7 Å². The largest absolute Gasteiger partial charge is 0.480 e. The number of carbonyl (C=O) groups excluding carboxylic acids is 1. The van der Waals surface area contributed by atoms with Crippen LogP contribution in [0.1, 0.15) is 40.5 Å². The zero-order valence-electron chi connectivity index (χ0n) is 13.9. The van der Waals surface area contributed by atoms with E-state index < -0.39 is 5.97 Å². The number of likely N-dealkylation sites (tertiary alicyclic amines) is 1. The number of H-pyrrole nitrogens is 1. The highest BCUT2D eigenvalue weighted by atomic mass is 16.4. The molecular formula is C17H20N4O4. The molecular weight excluding hydrogens is 324 g/mol. The van der Waals surface area contributed by atoms with Gasteiger partial charge in [-0.1, -0.05) is 0 Å². The Balaban J connectivity index is 1.74. The lowest BCUT2D eigenvalue weighted by Crippen LogP contribution is -2.39. The van der Waals surface area contributed by atoms with Gasteiger partial charge in [0.2, 0.25) is 5.56 Å². The average Bonchev–Trinajstić information content (AvgIpc) is 3.01. The van der Waals surface area contributed by atoms with E-state index in [0.717, 1.165) is 18.5 Å². The van der Waals surface area contributed by atoms with Gasteiger partial charge in [-0.2, -0.15) is 5.10 Å². The number of pyridine rings is 1. The Kier molecular flexibility index (Phi) is 4.69. The van der Waals surface area contributed by atoms with Gasteiger partial charge in [0.15, 0.2) is 0 Å². The van der Waals surface area contributed by atoms with E-state index in [1.54, 1.807) is 30.2 Å². The molecule has 2 aromatic heterocycles. The molecule has 8 nitrogen and oxygen atoms in total. The molecule has 25 heavy (non-hydrogen) atoms. The van der Waals surface area contributed by atoms with E-state index in [0.29, 0.717) is 24.3 Å². The lowest BCUT2D eigenvalue weighted by Gasteiger charge is -2.32. The monoisotopic (exact) mass is 344 g/mol. The molecule has 1 aliphatic heterocycles. The quantitative estimate of drug-likeness (QED) is 0.860. The summed E-state index contributed by atoms with van der Waals surface area (Å²) in [6, 6.07) is 4.80. The minimum atomic E-state index is -0.945. The van der Waals surface area contributed by atoms with Gasteiger partial charge in [-0.05, 0) is 31.9 Å². The first-order valence-corrected chi connectivity index (χ1v) is 8.18. The molecule has 1 atom stereocenters. The molecule has 0 bridgehead atoms. The third-order valence-corrected chi connectivity index (χ3v) is 4.31. The van der Waals surface area contributed by atoms with Gasteiger partial charge in [0.25, 0.3) is 5.91 Å². The number of amides is 1. The molecule has 1 amide bonds. The Hall–Kier alpha value is -2.90. The number of nitrogens with one attached hydrogen (secondary N) is 1. The number of aromatic nitrogens is 3. The van der Waals surface area contributed by atoms with E-state index in [9.17, 15) is 14.4 Å². The number of aromatic amines is 1. The van der Waals surface area contributed by atoms with E-state index in [1.807, 2.05) is 0 Å². The topological polar surface area (TPSA) is 108 Å². The molecule has 0 spiro atoms. The fourth-order valence-electron chi connectivity index (χ4n) is 3.21. The van der Waals surface area contributed by atoms with Gasteiger partial charge in [0, 0.05) is 42.5 Å². The molecule has 8 heteroatoms. The number of rotatable bonds is 4. The van der Waals surface area contributed by atoms with Crippen LogP contribution in [0, 0.1) is 6.92 Å². The van der Waals surface area contributed by atoms with Crippen LogP contribution in [0.2, 0.25) is 0 Å². The maximum absolute atomic E-state index is 12.7. The van der Waals surface area contributed by atoms with Crippen LogP contribution >= 0.6 is 0 Å². The number of hydrogen-bond acceptors (Lipinski definition) is 4. The highest BCUT2D eigenvalue weighted by Crippen LogP contribution is 2.26. The molecule has 1 fully saturated rings. The van der Waals surface area contributed by atoms with E-state index in [2.05, 4.69) is 10.1 Å². The SMILES string of the molecule is Cc1cc(C(=O)N2CCC[C@H](c3ccn(CC(=O)O)n3)C2)cc(=O)[nH]1. The first-order valence-electron chi connectivity index (χ1n) is 8.18. The Morgan fingerprint density at radius 2 is 2.20 bits per heavy atom. The van der Waals surface area contributed by atoms with Crippen molar-refractivity contribution < 1.29 is 14.7 Å². The van der Waals surface area contributed by atoms with Crippen LogP contribution in [0.5, 0.6) is 0 Å². The van der Waals surface area contributed by atoms with Gasteiger partial charge in [0.05, 0.1) is 5.69 Å². The van der Waals surface area contributed by atoms with Gasteiger partial charge in [0.1, 0.15) is 6.54 Å². The number of piperidine rings is 1. The number of aryl methyl sites for hydroxylation is 1. The van der Waals surface area contributed by atoms with Crippen LogP contribution in [0.4, 0.5) is 0 Å². The van der Waals surface area contributed by atoms with Crippen molar-refractivity contribution in [3.8, 4) is 0 Å². The molecule has 2 N–H and O–H groups in total. The van der Waals surface area contributed by atoms with Crippen molar-refractivity contribution in [1.82, 2.24) is 19.7 Å². The lowest BCUT2D eigenvalue weighted by molar-refractivity contribution is -0.137. The van der Waals surface area contributed by atoms with Crippen molar-refractivity contribution in [1.29, 1.82) is 0 Å². The molecule has 1 saturated heterocycles. The molecule has 3 heterocycles. The lowest BCUT2D eigenvalue weighted by atomic mass is 9.94. The van der Waals surface area contributed by atoms with Gasteiger partial charge < -0.3 is 15.0 Å². The summed E-state index contributed by atoms with van der Waals surface area (Å²) in [6.07, 6.45) is 3.37. The van der Waals surface area contributed by atoms with E-state index in [-0.39, 0.29) is 23.9 Å². The maximum atomic E-state index is 12.7. The second-order valence-electron chi connectivity index (χ2n) is 6.34. The number of carbonyl (C=O) groups is 2. The zero-order chi connectivity index (χ0) is 18.0. The predicted molar refractivity (Wildman–Crippen MR) is 89.5 cm³/mol. The Morgan fingerprint density at radius 3 is 2.92 bits per heavy atom. The second-order valence-corrected chi connectivity index (χ2v) is 6.34. The van der Waals surface area contributed by atoms with Gasteiger partial charge in [-0.15, -0.1) is 0 Å². The number of hydrogen-bond donors (Lipinski definition) is 2. The van der Waals surface area contributed by atoms with Crippen molar-refractivity contribution in [3.63, 3.8) is 0 Å². The molecule has 0 aliphatic carbocycles. The van der Waals surface area contributed by atoms with Crippen molar-refractivity contribution >= 4 is 11.9 Å². The summed E-state index contributed by atoms with van der Waals surface area (Å²) < 4.78 is 1.39. The summed E-state index contributed by atoms with van der Waals surface area (Å²) in [6.45, 7) is 2.71. The van der Waals surface area contributed by atoms with Gasteiger partial charge in [-0.25, -0.2) is 0 Å². The van der Waals surface area contributed by atoms with Crippen molar-refractivity contribution in [2.24, 2.45) is 0 Å². The molecule has 132 valence electrons. The molecule has 3 rings (SSSR count). The zero-order valence-corrected chi connectivity index (χ0v) is 13.9. The molecule has 1 aliphatic rings. The first-order chi connectivity index (χ1) is 11.9. The van der Waals surface area contributed by atoms with Crippen LogP contribution in [-0.2, 0) is 11.3 Å². The fourth-order valence-corrected chi connectivity index (χ4v) is 3.21. The molecule has 0 saturated carbocycles. The smallest absolute Gasteiger partial charge is 0.325 e. The summed E-state index contributed by atoms with van der Waals surface area (Å²) in [7, 11) is 0. The van der Waals surface area contributed by atoms with Crippen molar-refractivity contribution in [2.45, 2.75) is 32.2 Å². The molecule has 0 unspecified atom stereocenters. The first kappa shape index (κ1) is 16.9. The number of nitrogens with zero attached hydrogens (tertiary/aromatic N) is 3. The van der Waals surface area contributed by atoms with E-state index in [1.165, 1.54) is 10.7 Å². The predicted octanol–water partition coefficient (Wildman–Crippen LogP) is 0.984. The summed E-state index contributed by atoms with van der Waals surface area (Å²) >= 11 is 0. The maximum Gasteiger partial charge on any atom is 0.325 e.